The fourth-order valence-electron chi connectivity index (χ4n) is 1.60. The maximum absolute atomic E-state index is 5.78. The molecule has 1 aromatic carbocycles. The van der Waals surface area contributed by atoms with E-state index in [4.69, 9.17) is 10.5 Å². The van der Waals surface area contributed by atoms with Gasteiger partial charge in [-0.2, -0.15) is 4.68 Å². The predicted molar refractivity (Wildman–Crippen MR) is 64.2 cm³/mol. The summed E-state index contributed by atoms with van der Waals surface area (Å²) in [4.78, 5) is 0. The zero-order chi connectivity index (χ0) is 12.4. The zero-order valence-electron chi connectivity index (χ0n) is 10.1. The summed E-state index contributed by atoms with van der Waals surface area (Å²) in [6.45, 7) is 4.06. The van der Waals surface area contributed by atoms with Crippen molar-refractivity contribution in [2.75, 3.05) is 12.8 Å². The summed E-state index contributed by atoms with van der Waals surface area (Å²) in [5, 5.41) is 11.7. The third kappa shape index (κ3) is 2.06. The van der Waals surface area contributed by atoms with Crippen LogP contribution in [-0.4, -0.2) is 27.3 Å². The molecular formula is C11H15N5O. The number of ether oxygens (including phenoxy) is 1. The Hall–Kier alpha value is -2.11. The molecule has 2 N–H and O–H groups in total. The van der Waals surface area contributed by atoms with Gasteiger partial charge in [-0.15, -0.1) is 5.10 Å². The van der Waals surface area contributed by atoms with Crippen molar-refractivity contribution in [3.05, 3.63) is 24.0 Å². The number of hydrogen-bond donors (Lipinski definition) is 1. The van der Waals surface area contributed by atoms with E-state index < -0.39 is 0 Å². The molecule has 2 aromatic rings. The normalized spacial score (nSPS) is 10.8. The number of nitrogen functional groups attached to an aromatic ring is 1. The molecule has 0 fully saturated rings. The Balaban J connectivity index is 2.59. The van der Waals surface area contributed by atoms with Gasteiger partial charge in [0.05, 0.1) is 7.11 Å². The van der Waals surface area contributed by atoms with E-state index in [2.05, 4.69) is 15.5 Å². The summed E-state index contributed by atoms with van der Waals surface area (Å²) >= 11 is 0. The number of methoxy groups -OCH3 is 1. The van der Waals surface area contributed by atoms with E-state index in [1.54, 1.807) is 30.0 Å². The van der Waals surface area contributed by atoms with Crippen LogP contribution in [0.2, 0.25) is 0 Å². The molecule has 90 valence electrons. The molecule has 6 heteroatoms. The van der Waals surface area contributed by atoms with E-state index in [0.29, 0.717) is 11.4 Å². The average molecular weight is 233 g/mol. The molecule has 0 saturated carbocycles. The highest BCUT2D eigenvalue weighted by Crippen LogP contribution is 2.26. The lowest BCUT2D eigenvalue weighted by molar-refractivity contribution is 0.411. The first-order valence-electron chi connectivity index (χ1n) is 5.35. The molecule has 0 spiro atoms. The standard InChI is InChI=1S/C11H15N5O/c1-7(2)11-13-14-15-16(11)9-6-8(12)4-5-10(9)17-3/h4-7H,12H2,1-3H3. The van der Waals surface area contributed by atoms with Crippen molar-refractivity contribution in [1.29, 1.82) is 0 Å². The van der Waals surface area contributed by atoms with E-state index in [1.165, 1.54) is 0 Å². The Labute approximate surface area is 99.4 Å². The molecule has 0 unspecified atom stereocenters. The lowest BCUT2D eigenvalue weighted by atomic mass is 10.2. The summed E-state index contributed by atoms with van der Waals surface area (Å²) in [6, 6.07) is 5.37. The monoisotopic (exact) mass is 233 g/mol. The van der Waals surface area contributed by atoms with Gasteiger partial charge in [-0.3, -0.25) is 0 Å². The third-order valence-corrected chi connectivity index (χ3v) is 2.44. The van der Waals surface area contributed by atoms with Crippen LogP contribution < -0.4 is 10.5 Å². The fraction of sp³-hybridized carbons (Fsp3) is 0.364. The second-order valence-corrected chi connectivity index (χ2v) is 4.03. The molecule has 1 aromatic heterocycles. The molecule has 6 nitrogen and oxygen atoms in total. The van der Waals surface area contributed by atoms with Crippen LogP contribution in [-0.2, 0) is 0 Å². The summed E-state index contributed by atoms with van der Waals surface area (Å²) in [7, 11) is 1.61. The molecule has 0 radical (unpaired) electrons. The molecule has 0 atom stereocenters. The van der Waals surface area contributed by atoms with Crippen LogP contribution in [0.1, 0.15) is 25.6 Å². The van der Waals surface area contributed by atoms with Crippen LogP contribution in [0.15, 0.2) is 18.2 Å². The number of tetrazole rings is 1. The minimum atomic E-state index is 0.219. The number of benzene rings is 1. The van der Waals surface area contributed by atoms with Crippen LogP contribution in [0.4, 0.5) is 5.69 Å². The van der Waals surface area contributed by atoms with Crippen molar-refractivity contribution >= 4 is 5.69 Å². The second kappa shape index (κ2) is 4.40. The van der Waals surface area contributed by atoms with Crippen molar-refractivity contribution in [3.63, 3.8) is 0 Å². The summed E-state index contributed by atoms with van der Waals surface area (Å²) in [6.07, 6.45) is 0. The first-order chi connectivity index (χ1) is 8.13. The van der Waals surface area contributed by atoms with E-state index in [1.807, 2.05) is 13.8 Å². The van der Waals surface area contributed by atoms with Crippen LogP contribution >= 0.6 is 0 Å². The molecular weight excluding hydrogens is 218 g/mol. The Morgan fingerprint density at radius 1 is 1.35 bits per heavy atom. The first kappa shape index (κ1) is 11.4. The molecule has 1 heterocycles. The Morgan fingerprint density at radius 2 is 2.12 bits per heavy atom. The third-order valence-electron chi connectivity index (χ3n) is 2.44. The largest absolute Gasteiger partial charge is 0.494 e. The minimum absolute atomic E-state index is 0.219. The van der Waals surface area contributed by atoms with Gasteiger partial charge in [0.15, 0.2) is 5.82 Å². The highest BCUT2D eigenvalue weighted by Gasteiger charge is 2.15. The molecule has 0 amide bonds. The van der Waals surface area contributed by atoms with Crippen LogP contribution in [0.5, 0.6) is 5.75 Å². The SMILES string of the molecule is COc1ccc(N)cc1-n1nnnc1C(C)C. The maximum atomic E-state index is 5.78. The van der Waals surface area contributed by atoms with E-state index in [0.717, 1.165) is 11.5 Å². The minimum Gasteiger partial charge on any atom is -0.494 e. The van der Waals surface area contributed by atoms with Gasteiger partial charge in [-0.05, 0) is 28.6 Å². The molecule has 0 aliphatic carbocycles. The lowest BCUT2D eigenvalue weighted by Gasteiger charge is -2.11. The second-order valence-electron chi connectivity index (χ2n) is 4.03. The summed E-state index contributed by atoms with van der Waals surface area (Å²) < 4.78 is 6.94. The fourth-order valence-corrected chi connectivity index (χ4v) is 1.60. The molecule has 0 aliphatic rings. The van der Waals surface area contributed by atoms with Gasteiger partial charge in [0.25, 0.3) is 0 Å². The number of anilines is 1. The van der Waals surface area contributed by atoms with Crippen molar-refractivity contribution < 1.29 is 4.74 Å². The Morgan fingerprint density at radius 3 is 2.76 bits per heavy atom. The first-order valence-corrected chi connectivity index (χ1v) is 5.35. The molecule has 17 heavy (non-hydrogen) atoms. The van der Waals surface area contributed by atoms with Crippen molar-refractivity contribution in [2.45, 2.75) is 19.8 Å². The van der Waals surface area contributed by atoms with Gasteiger partial charge in [0.1, 0.15) is 11.4 Å². The highest BCUT2D eigenvalue weighted by molar-refractivity contribution is 5.56. The topological polar surface area (TPSA) is 78.9 Å². The average Bonchev–Trinajstić information content (AvgIpc) is 2.77. The summed E-state index contributed by atoms with van der Waals surface area (Å²) in [5.41, 5.74) is 7.17. The zero-order valence-corrected chi connectivity index (χ0v) is 10.1. The number of nitrogens with zero attached hydrogens (tertiary/aromatic N) is 4. The Kier molecular flexibility index (Phi) is 2.95. The van der Waals surface area contributed by atoms with Gasteiger partial charge in [0, 0.05) is 11.6 Å². The van der Waals surface area contributed by atoms with Crippen LogP contribution in [0, 0.1) is 0 Å². The smallest absolute Gasteiger partial charge is 0.159 e. The number of nitrogens with two attached hydrogens (primary N) is 1. The van der Waals surface area contributed by atoms with Crippen molar-refractivity contribution in [3.8, 4) is 11.4 Å². The lowest BCUT2D eigenvalue weighted by Crippen LogP contribution is -2.07. The number of aromatic nitrogens is 4. The van der Waals surface area contributed by atoms with Gasteiger partial charge < -0.3 is 10.5 Å². The molecule has 2 rings (SSSR count). The van der Waals surface area contributed by atoms with Gasteiger partial charge >= 0.3 is 0 Å². The molecule has 0 saturated heterocycles. The Bertz CT molecular complexity index is 520. The summed E-state index contributed by atoms with van der Waals surface area (Å²) in [5.74, 6) is 1.68. The van der Waals surface area contributed by atoms with Gasteiger partial charge in [-0.25, -0.2) is 0 Å². The molecule has 0 bridgehead atoms. The van der Waals surface area contributed by atoms with Crippen LogP contribution in [0.25, 0.3) is 5.69 Å². The predicted octanol–water partition coefficient (Wildman–Crippen LogP) is 1.38. The van der Waals surface area contributed by atoms with E-state index >= 15 is 0 Å². The quantitative estimate of drug-likeness (QED) is 0.810. The van der Waals surface area contributed by atoms with Crippen molar-refractivity contribution in [2.24, 2.45) is 0 Å². The maximum Gasteiger partial charge on any atom is 0.159 e. The van der Waals surface area contributed by atoms with Gasteiger partial charge in [0.2, 0.25) is 0 Å². The number of hydrogen-bond acceptors (Lipinski definition) is 5. The van der Waals surface area contributed by atoms with E-state index in [-0.39, 0.29) is 5.92 Å². The van der Waals surface area contributed by atoms with Gasteiger partial charge in [-0.1, -0.05) is 13.8 Å². The molecule has 0 aliphatic heterocycles. The van der Waals surface area contributed by atoms with E-state index in [9.17, 15) is 0 Å². The highest BCUT2D eigenvalue weighted by atomic mass is 16.5. The number of rotatable bonds is 3. The van der Waals surface area contributed by atoms with Crippen molar-refractivity contribution in [1.82, 2.24) is 20.2 Å². The van der Waals surface area contributed by atoms with Crippen LogP contribution in [0.3, 0.4) is 0 Å².